The molecule has 6 nitrogen and oxygen atoms in total. The number of anilines is 1. The Kier molecular flexibility index (Phi) is 5.98. The molecular formula is C17H26N4O2. The zero-order valence-corrected chi connectivity index (χ0v) is 14.1. The largest absolute Gasteiger partial charge is 0.338 e. The lowest BCUT2D eigenvalue weighted by Crippen LogP contribution is -2.38. The van der Waals surface area contributed by atoms with Crippen molar-refractivity contribution in [2.24, 2.45) is 0 Å². The van der Waals surface area contributed by atoms with Crippen LogP contribution in [0.3, 0.4) is 0 Å². The number of urea groups is 1. The maximum atomic E-state index is 11.9. The van der Waals surface area contributed by atoms with Gasteiger partial charge in [-0.2, -0.15) is 0 Å². The van der Waals surface area contributed by atoms with E-state index in [4.69, 9.17) is 0 Å². The second-order valence-corrected chi connectivity index (χ2v) is 6.24. The van der Waals surface area contributed by atoms with Crippen molar-refractivity contribution in [1.29, 1.82) is 0 Å². The van der Waals surface area contributed by atoms with Crippen molar-refractivity contribution in [3.05, 3.63) is 29.3 Å². The Morgan fingerprint density at radius 3 is 2.87 bits per heavy atom. The van der Waals surface area contributed by atoms with E-state index >= 15 is 0 Å². The third kappa shape index (κ3) is 5.25. The number of fused-ring (bicyclic) bond motifs is 1. The van der Waals surface area contributed by atoms with Crippen LogP contribution >= 0.6 is 0 Å². The summed E-state index contributed by atoms with van der Waals surface area (Å²) < 4.78 is 0. The molecule has 2 rings (SSSR count). The lowest BCUT2D eigenvalue weighted by atomic mass is 9.98. The number of carbonyl (C=O) groups is 2. The number of hydrogen-bond donors (Lipinski definition) is 3. The minimum absolute atomic E-state index is 0.0634. The number of benzene rings is 1. The van der Waals surface area contributed by atoms with Gasteiger partial charge in [-0.05, 0) is 57.6 Å². The van der Waals surface area contributed by atoms with Crippen LogP contribution in [0.4, 0.5) is 10.5 Å². The first kappa shape index (κ1) is 17.3. The van der Waals surface area contributed by atoms with E-state index in [0.29, 0.717) is 13.0 Å². The van der Waals surface area contributed by atoms with E-state index in [1.165, 1.54) is 0 Å². The van der Waals surface area contributed by atoms with Gasteiger partial charge in [-0.1, -0.05) is 12.1 Å². The molecule has 0 saturated carbocycles. The third-order valence-electron chi connectivity index (χ3n) is 3.94. The standard InChI is InChI=1S/C17H26N4O2/c1-12(19-17(23)18-9-4-10-21(2)3)13-5-7-15-14(11-13)6-8-16(22)20-15/h5,7,11-12H,4,6,8-10H2,1-3H3,(H,20,22)(H2,18,19,23)/t12-/m0/s1. The predicted octanol–water partition coefficient (Wildman–Crippen LogP) is 1.88. The molecule has 3 amide bonds. The highest BCUT2D eigenvalue weighted by molar-refractivity contribution is 5.93. The van der Waals surface area contributed by atoms with Gasteiger partial charge in [-0.3, -0.25) is 4.79 Å². The molecule has 6 heteroatoms. The van der Waals surface area contributed by atoms with Crippen molar-refractivity contribution in [3.8, 4) is 0 Å². The van der Waals surface area contributed by atoms with Gasteiger partial charge in [0, 0.05) is 18.7 Å². The quantitative estimate of drug-likeness (QED) is 0.701. The Labute approximate surface area is 137 Å². The first-order valence-corrected chi connectivity index (χ1v) is 8.07. The van der Waals surface area contributed by atoms with Gasteiger partial charge in [0.25, 0.3) is 0 Å². The predicted molar refractivity (Wildman–Crippen MR) is 91.5 cm³/mol. The molecule has 0 unspecified atom stereocenters. The Morgan fingerprint density at radius 2 is 2.13 bits per heavy atom. The molecular weight excluding hydrogens is 292 g/mol. The molecule has 1 atom stereocenters. The molecule has 1 heterocycles. The fraction of sp³-hybridized carbons (Fsp3) is 0.529. The van der Waals surface area contributed by atoms with Gasteiger partial charge in [0.1, 0.15) is 0 Å². The summed E-state index contributed by atoms with van der Waals surface area (Å²) in [6.45, 7) is 3.57. The molecule has 1 aliphatic heterocycles. The summed E-state index contributed by atoms with van der Waals surface area (Å²) in [5, 5.41) is 8.69. The number of nitrogens with zero attached hydrogens (tertiary/aromatic N) is 1. The van der Waals surface area contributed by atoms with Crippen LogP contribution in [0.15, 0.2) is 18.2 Å². The maximum Gasteiger partial charge on any atom is 0.315 e. The van der Waals surface area contributed by atoms with Gasteiger partial charge in [0.15, 0.2) is 0 Å². The lowest BCUT2D eigenvalue weighted by molar-refractivity contribution is -0.116. The number of aryl methyl sites for hydroxylation is 1. The summed E-state index contributed by atoms with van der Waals surface area (Å²) in [5.41, 5.74) is 3.05. The number of nitrogens with one attached hydrogen (secondary N) is 3. The van der Waals surface area contributed by atoms with Crippen LogP contribution in [-0.4, -0.2) is 44.0 Å². The van der Waals surface area contributed by atoms with Crippen LogP contribution in [0, 0.1) is 0 Å². The topological polar surface area (TPSA) is 73.5 Å². The molecule has 1 aliphatic rings. The van der Waals surface area contributed by atoms with E-state index in [1.54, 1.807) is 0 Å². The van der Waals surface area contributed by atoms with Crippen molar-refractivity contribution in [1.82, 2.24) is 15.5 Å². The summed E-state index contributed by atoms with van der Waals surface area (Å²) in [7, 11) is 4.03. The summed E-state index contributed by atoms with van der Waals surface area (Å²) in [6, 6.07) is 5.69. The van der Waals surface area contributed by atoms with Crippen molar-refractivity contribution in [2.45, 2.75) is 32.2 Å². The van der Waals surface area contributed by atoms with E-state index in [-0.39, 0.29) is 18.0 Å². The summed E-state index contributed by atoms with van der Waals surface area (Å²) in [4.78, 5) is 25.4. The molecule has 0 bridgehead atoms. The summed E-state index contributed by atoms with van der Waals surface area (Å²) in [6.07, 6.45) is 2.19. The van der Waals surface area contributed by atoms with Gasteiger partial charge < -0.3 is 20.9 Å². The van der Waals surface area contributed by atoms with Crippen LogP contribution in [0.25, 0.3) is 0 Å². The minimum Gasteiger partial charge on any atom is -0.338 e. The van der Waals surface area contributed by atoms with Crippen LogP contribution in [0.2, 0.25) is 0 Å². The van der Waals surface area contributed by atoms with Crippen molar-refractivity contribution < 1.29 is 9.59 Å². The normalized spacial score (nSPS) is 14.9. The highest BCUT2D eigenvalue weighted by Crippen LogP contribution is 2.25. The molecule has 0 aliphatic carbocycles. The fourth-order valence-corrected chi connectivity index (χ4v) is 2.60. The third-order valence-corrected chi connectivity index (χ3v) is 3.94. The molecule has 126 valence electrons. The molecule has 0 radical (unpaired) electrons. The van der Waals surface area contributed by atoms with E-state index in [2.05, 4.69) is 26.9 Å². The molecule has 1 aromatic carbocycles. The first-order valence-electron chi connectivity index (χ1n) is 8.07. The average molecular weight is 318 g/mol. The van der Waals surface area contributed by atoms with Crippen LogP contribution in [0.5, 0.6) is 0 Å². The fourth-order valence-electron chi connectivity index (χ4n) is 2.60. The monoisotopic (exact) mass is 318 g/mol. The average Bonchev–Trinajstić information content (AvgIpc) is 2.50. The van der Waals surface area contributed by atoms with Crippen molar-refractivity contribution >= 4 is 17.6 Å². The molecule has 1 aromatic rings. The number of rotatable bonds is 6. The highest BCUT2D eigenvalue weighted by atomic mass is 16.2. The Bertz CT molecular complexity index is 572. The second kappa shape index (κ2) is 7.97. The SMILES string of the molecule is C[C@H](NC(=O)NCCCN(C)C)c1ccc2c(c1)CCC(=O)N2. The lowest BCUT2D eigenvalue weighted by Gasteiger charge is -2.20. The number of carbonyl (C=O) groups excluding carboxylic acids is 2. The van der Waals surface area contributed by atoms with Crippen LogP contribution in [-0.2, 0) is 11.2 Å². The Balaban J connectivity index is 1.84. The maximum absolute atomic E-state index is 11.9. The summed E-state index contributed by atoms with van der Waals surface area (Å²) >= 11 is 0. The zero-order valence-electron chi connectivity index (χ0n) is 14.1. The molecule has 0 spiro atoms. The Hall–Kier alpha value is -2.08. The molecule has 23 heavy (non-hydrogen) atoms. The van der Waals surface area contributed by atoms with Crippen LogP contribution < -0.4 is 16.0 Å². The minimum atomic E-state index is -0.151. The molecule has 3 N–H and O–H groups in total. The molecule has 0 aromatic heterocycles. The van der Waals surface area contributed by atoms with E-state index in [1.807, 2.05) is 33.2 Å². The van der Waals surface area contributed by atoms with Gasteiger partial charge in [0.05, 0.1) is 6.04 Å². The Morgan fingerprint density at radius 1 is 1.35 bits per heavy atom. The highest BCUT2D eigenvalue weighted by Gasteiger charge is 2.17. The van der Waals surface area contributed by atoms with Gasteiger partial charge in [-0.15, -0.1) is 0 Å². The molecule has 0 fully saturated rings. The van der Waals surface area contributed by atoms with Crippen LogP contribution in [0.1, 0.15) is 36.9 Å². The smallest absolute Gasteiger partial charge is 0.315 e. The van der Waals surface area contributed by atoms with Gasteiger partial charge in [0.2, 0.25) is 5.91 Å². The zero-order chi connectivity index (χ0) is 16.8. The van der Waals surface area contributed by atoms with E-state index in [9.17, 15) is 9.59 Å². The number of hydrogen-bond acceptors (Lipinski definition) is 3. The number of amides is 3. The second-order valence-electron chi connectivity index (χ2n) is 6.24. The first-order chi connectivity index (χ1) is 11.0. The van der Waals surface area contributed by atoms with E-state index in [0.717, 1.165) is 36.2 Å². The van der Waals surface area contributed by atoms with Gasteiger partial charge in [-0.25, -0.2) is 4.79 Å². The van der Waals surface area contributed by atoms with Gasteiger partial charge >= 0.3 is 6.03 Å². The van der Waals surface area contributed by atoms with Crippen molar-refractivity contribution in [2.75, 3.05) is 32.5 Å². The summed E-state index contributed by atoms with van der Waals surface area (Å²) in [5.74, 6) is 0.0634. The van der Waals surface area contributed by atoms with Crippen molar-refractivity contribution in [3.63, 3.8) is 0 Å². The van der Waals surface area contributed by atoms with E-state index < -0.39 is 0 Å². The molecule has 0 saturated heterocycles.